The molecule has 30 heavy (non-hydrogen) atoms. The molecule has 3 rings (SSSR count). The molecule has 0 unspecified atom stereocenters. The van der Waals surface area contributed by atoms with Gasteiger partial charge in [-0.25, -0.2) is 0 Å². The summed E-state index contributed by atoms with van der Waals surface area (Å²) in [6.07, 6.45) is 1.97. The van der Waals surface area contributed by atoms with Gasteiger partial charge in [-0.15, -0.1) is 0 Å². The molecule has 0 aliphatic heterocycles. The van der Waals surface area contributed by atoms with Crippen LogP contribution in [0.3, 0.4) is 0 Å². The summed E-state index contributed by atoms with van der Waals surface area (Å²) in [7, 11) is 1.54. The Morgan fingerprint density at radius 2 is 1.77 bits per heavy atom. The highest BCUT2D eigenvalue weighted by atomic mass is 35.5. The molecule has 0 aliphatic rings. The number of benzene rings is 3. The van der Waals surface area contributed by atoms with E-state index in [4.69, 9.17) is 27.9 Å². The van der Waals surface area contributed by atoms with Gasteiger partial charge in [0.2, 0.25) is 0 Å². The minimum Gasteiger partial charge on any atom is -0.496 e. The first kappa shape index (κ1) is 21.4. The van der Waals surface area contributed by atoms with Crippen molar-refractivity contribution in [2.24, 2.45) is 0 Å². The summed E-state index contributed by atoms with van der Waals surface area (Å²) in [5, 5.41) is 13.3. The maximum absolute atomic E-state index is 12.5. The van der Waals surface area contributed by atoms with E-state index in [1.54, 1.807) is 43.5 Å². The average Bonchev–Trinajstić information content (AvgIpc) is 2.75. The Kier molecular flexibility index (Phi) is 7.13. The highest BCUT2D eigenvalue weighted by Gasteiger charge is 2.14. The molecular formula is C24H18Cl2N2O2. The summed E-state index contributed by atoms with van der Waals surface area (Å²) in [6.45, 7) is 0. The van der Waals surface area contributed by atoms with E-state index in [0.29, 0.717) is 33.5 Å². The fourth-order valence-electron chi connectivity index (χ4n) is 2.94. The minimum atomic E-state index is -0.501. The fourth-order valence-corrected chi connectivity index (χ4v) is 3.42. The zero-order chi connectivity index (χ0) is 21.5. The molecule has 0 radical (unpaired) electrons. The lowest BCUT2D eigenvalue weighted by atomic mass is 10.0. The molecule has 6 heteroatoms. The van der Waals surface area contributed by atoms with Crippen molar-refractivity contribution in [3.05, 3.63) is 99.0 Å². The molecule has 0 aromatic heterocycles. The number of nitrogens with one attached hydrogen (secondary N) is 1. The molecule has 0 bridgehead atoms. The third-order valence-corrected chi connectivity index (χ3v) is 5.14. The van der Waals surface area contributed by atoms with Crippen molar-refractivity contribution >= 4 is 40.9 Å². The number of ether oxygens (including phenoxy) is 1. The molecule has 1 N–H and O–H groups in total. The van der Waals surface area contributed by atoms with Crippen molar-refractivity contribution in [3.63, 3.8) is 0 Å². The zero-order valence-corrected chi connectivity index (χ0v) is 17.7. The summed E-state index contributed by atoms with van der Waals surface area (Å²) in [5.74, 6) is 0.0494. The Morgan fingerprint density at radius 1 is 1.07 bits per heavy atom. The van der Waals surface area contributed by atoms with Crippen LogP contribution in [0.4, 0.5) is 5.69 Å². The predicted octanol–water partition coefficient (Wildman–Crippen LogP) is 6.14. The van der Waals surface area contributed by atoms with Gasteiger partial charge < -0.3 is 10.1 Å². The summed E-state index contributed by atoms with van der Waals surface area (Å²) < 4.78 is 5.51. The second-order valence-corrected chi connectivity index (χ2v) is 7.26. The summed E-state index contributed by atoms with van der Waals surface area (Å²) in [5.41, 5.74) is 2.84. The number of anilines is 1. The number of amides is 1. The SMILES string of the molecule is COc1cc(/C=C(\C#N)C(=O)Nc2ccccc2)cc(Cl)c1Cc1ccccc1Cl. The first-order valence-corrected chi connectivity index (χ1v) is 9.85. The maximum Gasteiger partial charge on any atom is 0.266 e. The third-order valence-electron chi connectivity index (χ3n) is 4.43. The van der Waals surface area contributed by atoms with E-state index in [1.165, 1.54) is 6.08 Å². The van der Waals surface area contributed by atoms with Gasteiger partial charge in [-0.05, 0) is 47.5 Å². The van der Waals surface area contributed by atoms with Crippen LogP contribution in [0, 0.1) is 11.3 Å². The molecule has 0 fully saturated rings. The van der Waals surface area contributed by atoms with Crippen LogP contribution in [-0.4, -0.2) is 13.0 Å². The number of methoxy groups -OCH3 is 1. The first-order chi connectivity index (χ1) is 14.5. The first-order valence-electron chi connectivity index (χ1n) is 9.10. The predicted molar refractivity (Wildman–Crippen MR) is 121 cm³/mol. The van der Waals surface area contributed by atoms with E-state index in [0.717, 1.165) is 11.1 Å². The Bertz CT molecular complexity index is 1140. The van der Waals surface area contributed by atoms with Crippen LogP contribution < -0.4 is 10.1 Å². The molecule has 3 aromatic rings. The highest BCUT2D eigenvalue weighted by molar-refractivity contribution is 6.32. The molecule has 0 saturated carbocycles. The lowest BCUT2D eigenvalue weighted by molar-refractivity contribution is -0.112. The summed E-state index contributed by atoms with van der Waals surface area (Å²) in [6, 6.07) is 21.8. The van der Waals surface area contributed by atoms with E-state index in [9.17, 15) is 10.1 Å². The van der Waals surface area contributed by atoms with Crippen molar-refractivity contribution in [3.8, 4) is 11.8 Å². The normalized spacial score (nSPS) is 10.9. The van der Waals surface area contributed by atoms with Crippen molar-refractivity contribution < 1.29 is 9.53 Å². The lowest BCUT2D eigenvalue weighted by Crippen LogP contribution is -2.13. The molecule has 0 spiro atoms. The average molecular weight is 437 g/mol. The monoisotopic (exact) mass is 436 g/mol. The van der Waals surface area contributed by atoms with Crippen LogP contribution >= 0.6 is 23.2 Å². The molecule has 4 nitrogen and oxygen atoms in total. The second kappa shape index (κ2) is 9.98. The zero-order valence-electron chi connectivity index (χ0n) is 16.2. The summed E-state index contributed by atoms with van der Waals surface area (Å²) >= 11 is 12.8. The molecule has 0 atom stereocenters. The van der Waals surface area contributed by atoms with Gasteiger partial charge in [0, 0.05) is 27.7 Å². The molecular weight excluding hydrogens is 419 g/mol. The standard InChI is InChI=1S/C24H18Cl2N2O2/c1-30-23-13-16(11-18(15-27)24(29)28-19-8-3-2-4-9-19)12-22(26)20(23)14-17-7-5-6-10-21(17)25/h2-13H,14H2,1H3,(H,28,29)/b18-11+. The Balaban J connectivity index is 1.90. The van der Waals surface area contributed by atoms with Crippen molar-refractivity contribution in [2.75, 3.05) is 12.4 Å². The topological polar surface area (TPSA) is 62.1 Å². The van der Waals surface area contributed by atoms with Crippen LogP contribution in [0.15, 0.2) is 72.3 Å². The Morgan fingerprint density at radius 3 is 2.43 bits per heavy atom. The van der Waals surface area contributed by atoms with Crippen LogP contribution in [0.25, 0.3) is 6.08 Å². The lowest BCUT2D eigenvalue weighted by Gasteiger charge is -2.13. The maximum atomic E-state index is 12.5. The molecule has 0 aliphatic carbocycles. The number of carbonyl (C=O) groups is 1. The molecule has 0 heterocycles. The van der Waals surface area contributed by atoms with Gasteiger partial charge in [-0.1, -0.05) is 59.6 Å². The molecule has 1 amide bonds. The highest BCUT2D eigenvalue weighted by Crippen LogP contribution is 2.33. The molecule has 0 saturated heterocycles. The number of rotatable bonds is 6. The largest absolute Gasteiger partial charge is 0.496 e. The minimum absolute atomic E-state index is 0.0455. The van der Waals surface area contributed by atoms with E-state index in [1.807, 2.05) is 36.4 Å². The van der Waals surface area contributed by atoms with Gasteiger partial charge in [0.25, 0.3) is 5.91 Å². The second-order valence-electron chi connectivity index (χ2n) is 6.44. The van der Waals surface area contributed by atoms with Gasteiger partial charge in [0.15, 0.2) is 0 Å². The van der Waals surface area contributed by atoms with Crippen molar-refractivity contribution in [2.45, 2.75) is 6.42 Å². The quantitative estimate of drug-likeness (QED) is 0.372. The Labute approximate surface area is 185 Å². The van der Waals surface area contributed by atoms with Crippen molar-refractivity contribution in [1.29, 1.82) is 5.26 Å². The van der Waals surface area contributed by atoms with Gasteiger partial charge in [-0.3, -0.25) is 4.79 Å². The van der Waals surface area contributed by atoms with Gasteiger partial charge in [0.05, 0.1) is 7.11 Å². The van der Waals surface area contributed by atoms with Crippen LogP contribution in [0.1, 0.15) is 16.7 Å². The fraction of sp³-hybridized carbons (Fsp3) is 0.0833. The summed E-state index contributed by atoms with van der Waals surface area (Å²) in [4.78, 5) is 12.5. The number of carbonyl (C=O) groups excluding carboxylic acids is 1. The number of nitrogens with zero attached hydrogens (tertiary/aromatic N) is 1. The van der Waals surface area contributed by atoms with Crippen LogP contribution in [-0.2, 0) is 11.2 Å². The van der Waals surface area contributed by atoms with E-state index in [-0.39, 0.29) is 5.57 Å². The number of hydrogen-bond donors (Lipinski definition) is 1. The number of hydrogen-bond acceptors (Lipinski definition) is 3. The Hall–Kier alpha value is -3.26. The van der Waals surface area contributed by atoms with Gasteiger partial charge in [-0.2, -0.15) is 5.26 Å². The third kappa shape index (κ3) is 5.21. The van der Waals surface area contributed by atoms with Crippen LogP contribution in [0.2, 0.25) is 10.0 Å². The molecule has 3 aromatic carbocycles. The number of halogens is 2. The van der Waals surface area contributed by atoms with E-state index < -0.39 is 5.91 Å². The van der Waals surface area contributed by atoms with Gasteiger partial charge >= 0.3 is 0 Å². The smallest absolute Gasteiger partial charge is 0.266 e. The van der Waals surface area contributed by atoms with Crippen LogP contribution in [0.5, 0.6) is 5.75 Å². The molecule has 150 valence electrons. The number of nitriles is 1. The van der Waals surface area contributed by atoms with Gasteiger partial charge in [0.1, 0.15) is 17.4 Å². The van der Waals surface area contributed by atoms with E-state index in [2.05, 4.69) is 5.32 Å². The number of para-hydroxylation sites is 1. The van der Waals surface area contributed by atoms with E-state index >= 15 is 0 Å². The van der Waals surface area contributed by atoms with Crippen molar-refractivity contribution in [1.82, 2.24) is 0 Å².